The number of carbonyl (C=O) groups is 2. The van der Waals surface area contributed by atoms with Crippen molar-refractivity contribution < 1.29 is 14.3 Å². The van der Waals surface area contributed by atoms with Crippen LogP contribution in [0.15, 0.2) is 16.9 Å². The summed E-state index contributed by atoms with van der Waals surface area (Å²) >= 11 is 0. The number of esters is 1. The Hall–Kier alpha value is -2.18. The molecular formula is C14H19N3O4. The summed E-state index contributed by atoms with van der Waals surface area (Å²) in [6.07, 6.45) is 1.19. The highest BCUT2D eigenvalue weighted by atomic mass is 16.5. The van der Waals surface area contributed by atoms with Crippen LogP contribution in [0, 0.1) is 5.92 Å². The minimum Gasteiger partial charge on any atom is -0.466 e. The predicted molar refractivity (Wildman–Crippen MR) is 74.7 cm³/mol. The SMILES string of the molecule is CCOC(=O)C1CCN(C(=O)c2ccc(=O)n(C)n2)CC1. The highest BCUT2D eigenvalue weighted by molar-refractivity contribution is 5.92. The van der Waals surface area contributed by atoms with E-state index in [-0.39, 0.29) is 29.0 Å². The summed E-state index contributed by atoms with van der Waals surface area (Å²) in [5.74, 6) is -0.542. The van der Waals surface area contributed by atoms with Crippen LogP contribution < -0.4 is 5.56 Å². The van der Waals surface area contributed by atoms with Crippen LogP contribution in [0.2, 0.25) is 0 Å². The summed E-state index contributed by atoms with van der Waals surface area (Å²) in [6, 6.07) is 2.76. The average molecular weight is 293 g/mol. The molecule has 2 heterocycles. The lowest BCUT2D eigenvalue weighted by molar-refractivity contribution is -0.149. The summed E-state index contributed by atoms with van der Waals surface area (Å²) in [6.45, 7) is 3.14. The number of aryl methyl sites for hydroxylation is 1. The van der Waals surface area contributed by atoms with E-state index < -0.39 is 0 Å². The van der Waals surface area contributed by atoms with Crippen molar-refractivity contribution >= 4 is 11.9 Å². The summed E-state index contributed by atoms with van der Waals surface area (Å²) in [7, 11) is 1.51. The van der Waals surface area contributed by atoms with Crippen LogP contribution in [0.25, 0.3) is 0 Å². The predicted octanol–water partition coefficient (Wildman–Crippen LogP) is 0.196. The Balaban J connectivity index is 1.98. The van der Waals surface area contributed by atoms with Crippen LogP contribution >= 0.6 is 0 Å². The van der Waals surface area contributed by atoms with E-state index in [0.29, 0.717) is 32.5 Å². The zero-order chi connectivity index (χ0) is 15.4. The number of carbonyl (C=O) groups excluding carboxylic acids is 2. The van der Waals surface area contributed by atoms with Gasteiger partial charge in [-0.2, -0.15) is 5.10 Å². The Morgan fingerprint density at radius 1 is 1.33 bits per heavy atom. The number of piperidine rings is 1. The fourth-order valence-corrected chi connectivity index (χ4v) is 2.36. The monoisotopic (exact) mass is 293 g/mol. The number of ether oxygens (including phenoxy) is 1. The molecule has 1 saturated heterocycles. The van der Waals surface area contributed by atoms with Gasteiger partial charge in [-0.15, -0.1) is 0 Å². The van der Waals surface area contributed by atoms with Crippen molar-refractivity contribution in [3.8, 4) is 0 Å². The minimum atomic E-state index is -0.257. The van der Waals surface area contributed by atoms with Gasteiger partial charge in [0, 0.05) is 26.2 Å². The minimum absolute atomic E-state index is 0.137. The standard InChI is InChI=1S/C14H19N3O4/c1-3-21-14(20)10-6-8-17(9-7-10)13(19)11-4-5-12(18)16(2)15-11/h4-5,10H,3,6-9H2,1-2H3. The van der Waals surface area contributed by atoms with Gasteiger partial charge in [-0.25, -0.2) is 4.68 Å². The summed E-state index contributed by atoms with van der Waals surface area (Å²) in [5, 5.41) is 3.95. The second-order valence-corrected chi connectivity index (χ2v) is 5.00. The number of nitrogens with zero attached hydrogens (tertiary/aromatic N) is 3. The van der Waals surface area contributed by atoms with Crippen molar-refractivity contribution in [1.29, 1.82) is 0 Å². The van der Waals surface area contributed by atoms with Crippen molar-refractivity contribution in [2.45, 2.75) is 19.8 Å². The largest absolute Gasteiger partial charge is 0.466 e. The van der Waals surface area contributed by atoms with Gasteiger partial charge in [0.1, 0.15) is 5.69 Å². The van der Waals surface area contributed by atoms with Gasteiger partial charge in [-0.05, 0) is 25.8 Å². The fourth-order valence-electron chi connectivity index (χ4n) is 2.36. The highest BCUT2D eigenvalue weighted by Gasteiger charge is 2.29. The first kappa shape index (κ1) is 15.2. The van der Waals surface area contributed by atoms with Crippen LogP contribution in [-0.2, 0) is 16.6 Å². The molecule has 114 valence electrons. The molecule has 1 amide bonds. The molecule has 1 aromatic heterocycles. The molecule has 1 fully saturated rings. The molecule has 7 nitrogen and oxygen atoms in total. The molecule has 0 aromatic carbocycles. The molecule has 0 bridgehead atoms. The van der Waals surface area contributed by atoms with Gasteiger partial charge < -0.3 is 9.64 Å². The fraction of sp³-hybridized carbons (Fsp3) is 0.571. The van der Waals surface area contributed by atoms with Gasteiger partial charge in [0.05, 0.1) is 12.5 Å². The average Bonchev–Trinajstić information content (AvgIpc) is 2.50. The van der Waals surface area contributed by atoms with Gasteiger partial charge in [-0.3, -0.25) is 14.4 Å². The second kappa shape index (κ2) is 6.51. The maximum absolute atomic E-state index is 12.3. The van der Waals surface area contributed by atoms with E-state index >= 15 is 0 Å². The van der Waals surface area contributed by atoms with Gasteiger partial charge >= 0.3 is 5.97 Å². The number of hydrogen-bond acceptors (Lipinski definition) is 5. The number of amides is 1. The lowest BCUT2D eigenvalue weighted by atomic mass is 9.97. The molecule has 0 radical (unpaired) electrons. The van der Waals surface area contributed by atoms with Crippen molar-refractivity contribution in [1.82, 2.24) is 14.7 Å². The Bertz CT molecular complexity index is 588. The Labute approximate surface area is 122 Å². The van der Waals surface area contributed by atoms with Crippen LogP contribution in [0.5, 0.6) is 0 Å². The van der Waals surface area contributed by atoms with E-state index in [0.717, 1.165) is 4.68 Å². The van der Waals surface area contributed by atoms with Gasteiger partial charge in [0.2, 0.25) is 0 Å². The molecule has 1 aliphatic heterocycles. The zero-order valence-electron chi connectivity index (χ0n) is 12.2. The smallest absolute Gasteiger partial charge is 0.309 e. The van der Waals surface area contributed by atoms with Crippen LogP contribution in [0.3, 0.4) is 0 Å². The Morgan fingerprint density at radius 3 is 2.57 bits per heavy atom. The Kier molecular flexibility index (Phi) is 4.72. The van der Waals surface area contributed by atoms with E-state index in [1.807, 2.05) is 0 Å². The number of rotatable bonds is 3. The molecule has 0 unspecified atom stereocenters. The molecule has 0 spiro atoms. The lowest BCUT2D eigenvalue weighted by Gasteiger charge is -2.30. The second-order valence-electron chi connectivity index (χ2n) is 5.00. The first-order valence-corrected chi connectivity index (χ1v) is 7.03. The van der Waals surface area contributed by atoms with Crippen molar-refractivity contribution in [2.24, 2.45) is 13.0 Å². The van der Waals surface area contributed by atoms with Crippen molar-refractivity contribution in [2.75, 3.05) is 19.7 Å². The topological polar surface area (TPSA) is 81.5 Å². The number of hydrogen-bond donors (Lipinski definition) is 0. The number of likely N-dealkylation sites (tertiary alicyclic amines) is 1. The summed E-state index contributed by atoms with van der Waals surface area (Å²) in [4.78, 5) is 36.9. The van der Waals surface area contributed by atoms with Crippen molar-refractivity contribution in [3.05, 3.63) is 28.2 Å². The summed E-state index contributed by atoms with van der Waals surface area (Å²) < 4.78 is 6.14. The molecule has 1 aromatic rings. The van der Waals surface area contributed by atoms with E-state index in [1.54, 1.807) is 11.8 Å². The van der Waals surface area contributed by atoms with Gasteiger partial charge in [-0.1, -0.05) is 0 Å². The molecule has 7 heteroatoms. The van der Waals surface area contributed by atoms with Crippen LogP contribution in [-0.4, -0.2) is 46.3 Å². The molecule has 0 aliphatic carbocycles. The third-order valence-electron chi connectivity index (χ3n) is 3.58. The van der Waals surface area contributed by atoms with Crippen LogP contribution in [0.1, 0.15) is 30.3 Å². The van der Waals surface area contributed by atoms with Crippen LogP contribution in [0.4, 0.5) is 0 Å². The first-order chi connectivity index (χ1) is 10.0. The quantitative estimate of drug-likeness (QED) is 0.743. The highest BCUT2D eigenvalue weighted by Crippen LogP contribution is 2.19. The lowest BCUT2D eigenvalue weighted by Crippen LogP contribution is -2.41. The molecule has 1 aliphatic rings. The molecule has 0 atom stereocenters. The van der Waals surface area contributed by atoms with Gasteiger partial charge in [0.25, 0.3) is 11.5 Å². The molecule has 21 heavy (non-hydrogen) atoms. The van der Waals surface area contributed by atoms with E-state index in [4.69, 9.17) is 4.74 Å². The number of aromatic nitrogens is 2. The zero-order valence-corrected chi connectivity index (χ0v) is 12.2. The third kappa shape index (κ3) is 3.48. The van der Waals surface area contributed by atoms with E-state index in [9.17, 15) is 14.4 Å². The normalized spacial score (nSPS) is 15.8. The van der Waals surface area contributed by atoms with Crippen molar-refractivity contribution in [3.63, 3.8) is 0 Å². The maximum Gasteiger partial charge on any atom is 0.309 e. The first-order valence-electron chi connectivity index (χ1n) is 7.03. The van der Waals surface area contributed by atoms with E-state index in [1.165, 1.54) is 19.2 Å². The molecule has 2 rings (SSSR count). The van der Waals surface area contributed by atoms with E-state index in [2.05, 4.69) is 5.10 Å². The maximum atomic E-state index is 12.3. The van der Waals surface area contributed by atoms with Gasteiger partial charge in [0.15, 0.2) is 0 Å². The summed E-state index contributed by atoms with van der Waals surface area (Å²) in [5.41, 5.74) is -0.0146. The Morgan fingerprint density at radius 2 is 2.00 bits per heavy atom. The third-order valence-corrected chi connectivity index (χ3v) is 3.58. The molecular weight excluding hydrogens is 274 g/mol. The molecule has 0 N–H and O–H groups in total. The molecule has 0 saturated carbocycles.